The molecule has 0 fully saturated rings. The second kappa shape index (κ2) is 8.95. The first-order chi connectivity index (χ1) is 14.6. The lowest BCUT2D eigenvalue weighted by atomic mass is 9.91. The molecule has 0 aliphatic carbocycles. The van der Waals surface area contributed by atoms with E-state index in [0.29, 0.717) is 13.1 Å². The van der Waals surface area contributed by atoms with Gasteiger partial charge in [0, 0.05) is 13.1 Å². The van der Waals surface area contributed by atoms with Crippen molar-refractivity contribution in [2.45, 2.75) is 31.9 Å². The van der Waals surface area contributed by atoms with E-state index in [9.17, 15) is 9.59 Å². The van der Waals surface area contributed by atoms with Crippen LogP contribution in [0.25, 0.3) is 0 Å². The van der Waals surface area contributed by atoms with Gasteiger partial charge in [0.1, 0.15) is 5.92 Å². The minimum absolute atomic E-state index is 0.155. The topological polar surface area (TPSA) is 46.6 Å². The molecule has 4 heteroatoms. The van der Waals surface area contributed by atoms with Crippen LogP contribution in [0.5, 0.6) is 0 Å². The zero-order valence-electron chi connectivity index (χ0n) is 17.0. The molecule has 0 unspecified atom stereocenters. The summed E-state index contributed by atoms with van der Waals surface area (Å²) in [6.45, 7) is 2.85. The predicted octanol–water partition coefficient (Wildman–Crippen LogP) is 4.34. The van der Waals surface area contributed by atoms with E-state index in [0.717, 1.165) is 23.1 Å². The summed E-state index contributed by atoms with van der Waals surface area (Å²) in [5.74, 6) is -1.13. The van der Waals surface area contributed by atoms with E-state index in [1.807, 2.05) is 78.9 Å². The summed E-state index contributed by atoms with van der Waals surface area (Å²) in [5, 5.41) is 0. The van der Waals surface area contributed by atoms with Crippen LogP contribution >= 0.6 is 0 Å². The Bertz CT molecular complexity index is 977. The highest BCUT2D eigenvalue weighted by Gasteiger charge is 2.31. The van der Waals surface area contributed by atoms with Crippen molar-refractivity contribution in [1.82, 2.24) is 4.90 Å². The van der Waals surface area contributed by atoms with Crippen molar-refractivity contribution in [3.05, 3.63) is 107 Å². The van der Waals surface area contributed by atoms with Crippen LogP contribution in [0, 0.1) is 0 Å². The van der Waals surface area contributed by atoms with Gasteiger partial charge in [0.25, 0.3) is 5.91 Å². The zero-order valence-corrected chi connectivity index (χ0v) is 17.0. The van der Waals surface area contributed by atoms with Gasteiger partial charge in [-0.05, 0) is 35.6 Å². The fraction of sp³-hybridized carbons (Fsp3) is 0.231. The molecular formula is C26H25NO3. The van der Waals surface area contributed by atoms with Gasteiger partial charge in [-0.1, -0.05) is 84.9 Å². The van der Waals surface area contributed by atoms with E-state index >= 15 is 0 Å². The Hall–Kier alpha value is -3.40. The second-order valence-corrected chi connectivity index (χ2v) is 7.61. The molecule has 1 atom stereocenters. The van der Waals surface area contributed by atoms with E-state index < -0.39 is 18.0 Å². The number of carbonyl (C=O) groups is 2. The number of esters is 1. The van der Waals surface area contributed by atoms with Gasteiger partial charge in [0.2, 0.25) is 0 Å². The SMILES string of the molecule is C[C@@H](OC(=O)C(c1ccccc1)c1ccccc1)C(=O)N1CCc2ccccc2C1. The number of ether oxygens (including phenoxy) is 1. The lowest BCUT2D eigenvalue weighted by molar-refractivity contribution is -0.160. The van der Waals surface area contributed by atoms with Crippen LogP contribution in [-0.2, 0) is 27.3 Å². The van der Waals surface area contributed by atoms with Gasteiger partial charge in [-0.25, -0.2) is 0 Å². The lowest BCUT2D eigenvalue weighted by Gasteiger charge is -2.31. The fourth-order valence-corrected chi connectivity index (χ4v) is 3.99. The van der Waals surface area contributed by atoms with Crippen molar-refractivity contribution < 1.29 is 14.3 Å². The van der Waals surface area contributed by atoms with Crippen molar-refractivity contribution in [3.8, 4) is 0 Å². The third-order valence-electron chi connectivity index (χ3n) is 5.58. The van der Waals surface area contributed by atoms with E-state index in [1.54, 1.807) is 11.8 Å². The highest BCUT2D eigenvalue weighted by atomic mass is 16.5. The Balaban J connectivity index is 1.49. The highest BCUT2D eigenvalue weighted by Crippen LogP contribution is 2.27. The van der Waals surface area contributed by atoms with Crippen molar-refractivity contribution >= 4 is 11.9 Å². The zero-order chi connectivity index (χ0) is 20.9. The number of nitrogens with zero attached hydrogens (tertiary/aromatic N) is 1. The summed E-state index contributed by atoms with van der Waals surface area (Å²) >= 11 is 0. The maximum absolute atomic E-state index is 13.1. The van der Waals surface area contributed by atoms with Crippen molar-refractivity contribution in [2.75, 3.05) is 6.54 Å². The largest absolute Gasteiger partial charge is 0.452 e. The first kappa shape index (κ1) is 19.9. The molecule has 0 bridgehead atoms. The Kier molecular flexibility index (Phi) is 5.94. The molecule has 4 rings (SSSR count). The fourth-order valence-electron chi connectivity index (χ4n) is 3.99. The number of rotatable bonds is 5. The lowest BCUT2D eigenvalue weighted by Crippen LogP contribution is -2.43. The molecule has 1 amide bonds. The summed E-state index contributed by atoms with van der Waals surface area (Å²) in [6, 6.07) is 27.2. The Morgan fingerprint density at radius 1 is 0.800 bits per heavy atom. The average Bonchev–Trinajstić information content (AvgIpc) is 2.80. The second-order valence-electron chi connectivity index (χ2n) is 7.61. The molecule has 0 radical (unpaired) electrons. The third-order valence-corrected chi connectivity index (χ3v) is 5.58. The quantitative estimate of drug-likeness (QED) is 0.600. The van der Waals surface area contributed by atoms with Gasteiger partial charge in [-0.3, -0.25) is 9.59 Å². The molecule has 3 aromatic carbocycles. The number of hydrogen-bond donors (Lipinski definition) is 0. The van der Waals surface area contributed by atoms with Crippen LogP contribution in [0.3, 0.4) is 0 Å². The van der Waals surface area contributed by atoms with Gasteiger partial charge < -0.3 is 9.64 Å². The number of hydrogen-bond acceptors (Lipinski definition) is 3. The maximum Gasteiger partial charge on any atom is 0.318 e. The van der Waals surface area contributed by atoms with Crippen molar-refractivity contribution in [1.29, 1.82) is 0 Å². The molecule has 0 saturated heterocycles. The van der Waals surface area contributed by atoms with Crippen molar-refractivity contribution in [2.24, 2.45) is 0 Å². The summed E-state index contributed by atoms with van der Waals surface area (Å²) in [5.41, 5.74) is 4.13. The normalized spacial score (nSPS) is 14.1. The molecule has 4 nitrogen and oxygen atoms in total. The Morgan fingerprint density at radius 3 is 1.93 bits per heavy atom. The van der Waals surface area contributed by atoms with E-state index in [4.69, 9.17) is 4.74 Å². The summed E-state index contributed by atoms with van der Waals surface area (Å²) in [7, 11) is 0. The highest BCUT2D eigenvalue weighted by molar-refractivity contribution is 5.87. The van der Waals surface area contributed by atoms with Gasteiger partial charge in [0.15, 0.2) is 6.10 Å². The Labute approximate surface area is 177 Å². The smallest absolute Gasteiger partial charge is 0.318 e. The third kappa shape index (κ3) is 4.28. The average molecular weight is 399 g/mol. The first-order valence-corrected chi connectivity index (χ1v) is 10.3. The molecule has 0 N–H and O–H groups in total. The standard InChI is InChI=1S/C26H25NO3/c1-19(25(28)27-17-16-20-10-8-9-15-23(20)18-27)30-26(29)24(21-11-4-2-5-12-21)22-13-6-3-7-14-22/h2-15,19,24H,16-18H2,1H3/t19-/m1/s1. The first-order valence-electron chi connectivity index (χ1n) is 10.3. The number of amides is 1. The minimum Gasteiger partial charge on any atom is -0.452 e. The molecule has 0 saturated carbocycles. The molecule has 0 spiro atoms. The van der Waals surface area contributed by atoms with Gasteiger partial charge in [0.05, 0.1) is 0 Å². The summed E-state index contributed by atoms with van der Waals surface area (Å²) in [4.78, 5) is 27.9. The van der Waals surface area contributed by atoms with Crippen molar-refractivity contribution in [3.63, 3.8) is 0 Å². The van der Waals surface area contributed by atoms with Crippen LogP contribution in [0.4, 0.5) is 0 Å². The van der Waals surface area contributed by atoms with E-state index in [-0.39, 0.29) is 5.91 Å². The van der Waals surface area contributed by atoms with Crippen LogP contribution in [0.1, 0.15) is 35.1 Å². The monoisotopic (exact) mass is 399 g/mol. The number of carbonyl (C=O) groups excluding carboxylic acids is 2. The molecule has 30 heavy (non-hydrogen) atoms. The summed E-state index contributed by atoms with van der Waals surface area (Å²) in [6.07, 6.45) is -0.0168. The van der Waals surface area contributed by atoms with Gasteiger partial charge in [-0.15, -0.1) is 0 Å². The molecule has 1 aliphatic heterocycles. The van der Waals surface area contributed by atoms with Gasteiger partial charge >= 0.3 is 5.97 Å². The molecule has 1 aliphatic rings. The summed E-state index contributed by atoms with van der Waals surface area (Å²) < 4.78 is 5.69. The molecule has 152 valence electrons. The van der Waals surface area contributed by atoms with Crippen LogP contribution < -0.4 is 0 Å². The number of benzene rings is 3. The van der Waals surface area contributed by atoms with E-state index in [2.05, 4.69) is 6.07 Å². The molecule has 0 aromatic heterocycles. The van der Waals surface area contributed by atoms with E-state index in [1.165, 1.54) is 5.56 Å². The predicted molar refractivity (Wildman–Crippen MR) is 116 cm³/mol. The maximum atomic E-state index is 13.1. The molecule has 3 aromatic rings. The molecular weight excluding hydrogens is 374 g/mol. The van der Waals surface area contributed by atoms with Crippen LogP contribution in [0.2, 0.25) is 0 Å². The number of fused-ring (bicyclic) bond motifs is 1. The van der Waals surface area contributed by atoms with Gasteiger partial charge in [-0.2, -0.15) is 0 Å². The minimum atomic E-state index is -0.835. The van der Waals surface area contributed by atoms with Crippen LogP contribution in [-0.4, -0.2) is 29.4 Å². The van der Waals surface area contributed by atoms with Crippen LogP contribution in [0.15, 0.2) is 84.9 Å². The Morgan fingerprint density at radius 2 is 1.33 bits per heavy atom. The molecule has 1 heterocycles.